The van der Waals surface area contributed by atoms with Gasteiger partial charge in [-0.25, -0.2) is 10.4 Å². The fraction of sp³-hybridized carbons (Fsp3) is 0.250. The van der Waals surface area contributed by atoms with Crippen molar-refractivity contribution in [1.82, 2.24) is 10.4 Å². The van der Waals surface area contributed by atoms with Crippen molar-refractivity contribution in [3.63, 3.8) is 0 Å². The fourth-order valence-corrected chi connectivity index (χ4v) is 3.40. The lowest BCUT2D eigenvalue weighted by atomic mass is 10.2. The van der Waals surface area contributed by atoms with Crippen molar-refractivity contribution in [3.8, 4) is 5.75 Å². The smallest absolute Gasteiger partial charge is 0.257 e. The van der Waals surface area contributed by atoms with Gasteiger partial charge in [-0.15, -0.1) is 0 Å². The largest absolute Gasteiger partial charge is 0.872 e. The number of amides is 1. The number of benzene rings is 2. The number of nitrogens with one attached hydrogen (secondary N) is 2. The third kappa shape index (κ3) is 4.90. The molecule has 0 aliphatic rings. The number of hydrazone groups is 1. The van der Waals surface area contributed by atoms with Crippen LogP contribution in [-0.4, -0.2) is 35.9 Å². The number of nitrogens with zero attached hydrogens (tertiary/aromatic N) is 2. The van der Waals surface area contributed by atoms with E-state index in [2.05, 4.69) is 29.4 Å². The van der Waals surface area contributed by atoms with Gasteiger partial charge in [0, 0.05) is 0 Å². The minimum atomic E-state index is -0.305. The Hall–Kier alpha value is -2.84. The van der Waals surface area contributed by atoms with Gasteiger partial charge in [-0.05, 0) is 49.7 Å². The van der Waals surface area contributed by atoms with Crippen molar-refractivity contribution in [3.05, 3.63) is 48.0 Å². The molecule has 3 aromatic rings. The van der Waals surface area contributed by atoms with Crippen LogP contribution in [0.4, 0.5) is 5.69 Å². The number of hydrogen-bond acceptors (Lipinski definition) is 6. The molecule has 0 saturated heterocycles. The molecule has 0 aliphatic heterocycles. The Morgan fingerprint density at radius 2 is 2.07 bits per heavy atom. The van der Waals surface area contributed by atoms with Gasteiger partial charge < -0.3 is 14.4 Å². The molecule has 1 heterocycles. The van der Waals surface area contributed by atoms with Crippen LogP contribution in [-0.2, 0) is 4.79 Å². The lowest BCUT2D eigenvalue weighted by molar-refractivity contribution is -0.828. The van der Waals surface area contributed by atoms with Crippen LogP contribution in [0.2, 0.25) is 0 Å². The lowest BCUT2D eigenvalue weighted by Crippen LogP contribution is -3.06. The average molecular weight is 398 g/mol. The summed E-state index contributed by atoms with van der Waals surface area (Å²) < 4.78 is 5.55. The molecule has 0 atom stereocenters. The predicted octanol–water partition coefficient (Wildman–Crippen LogP) is 1.70. The highest BCUT2D eigenvalue weighted by Gasteiger charge is 2.09. The Morgan fingerprint density at radius 3 is 2.79 bits per heavy atom. The fourth-order valence-electron chi connectivity index (χ4n) is 2.77. The second-order valence-electron chi connectivity index (χ2n) is 6.09. The van der Waals surface area contributed by atoms with E-state index in [1.807, 2.05) is 30.3 Å². The van der Waals surface area contributed by atoms with E-state index in [-0.39, 0.29) is 17.4 Å². The van der Waals surface area contributed by atoms with Gasteiger partial charge >= 0.3 is 0 Å². The summed E-state index contributed by atoms with van der Waals surface area (Å²) in [6.07, 6.45) is 1.37. The SMILES string of the molecule is CC[NH+](CC)c1ccc(/C=N/NC(=O)CSc2nc3ccccc3o2)c([O-])c1. The average Bonchev–Trinajstić information content (AvgIpc) is 3.12. The number of fused-ring (bicyclic) bond motifs is 1. The molecular formula is C20H22N4O3S. The van der Waals surface area contributed by atoms with Crippen LogP contribution in [0.1, 0.15) is 19.4 Å². The van der Waals surface area contributed by atoms with E-state index < -0.39 is 0 Å². The summed E-state index contributed by atoms with van der Waals surface area (Å²) >= 11 is 1.19. The molecule has 146 valence electrons. The summed E-state index contributed by atoms with van der Waals surface area (Å²) in [5.41, 5.74) is 5.25. The third-order valence-corrected chi connectivity index (χ3v) is 5.10. The Bertz CT molecular complexity index is 949. The van der Waals surface area contributed by atoms with E-state index in [0.717, 1.165) is 24.3 Å². The van der Waals surface area contributed by atoms with Gasteiger partial charge in [0.2, 0.25) is 0 Å². The van der Waals surface area contributed by atoms with Gasteiger partial charge in [-0.3, -0.25) is 4.79 Å². The summed E-state index contributed by atoms with van der Waals surface area (Å²) in [4.78, 5) is 17.5. The van der Waals surface area contributed by atoms with Crippen LogP contribution in [0.3, 0.4) is 0 Å². The Balaban J connectivity index is 1.53. The highest BCUT2D eigenvalue weighted by molar-refractivity contribution is 7.99. The normalized spacial score (nSPS) is 11.5. The molecule has 2 N–H and O–H groups in total. The molecule has 0 fully saturated rings. The summed E-state index contributed by atoms with van der Waals surface area (Å²) in [6.45, 7) is 5.98. The van der Waals surface area contributed by atoms with Gasteiger partial charge in [0.1, 0.15) is 11.2 Å². The zero-order chi connectivity index (χ0) is 19.9. The van der Waals surface area contributed by atoms with Crippen LogP contribution >= 0.6 is 11.8 Å². The van der Waals surface area contributed by atoms with Gasteiger partial charge in [0.25, 0.3) is 11.1 Å². The van der Waals surface area contributed by atoms with E-state index in [1.54, 1.807) is 12.1 Å². The van der Waals surface area contributed by atoms with Crippen LogP contribution in [0.25, 0.3) is 11.1 Å². The summed E-state index contributed by atoms with van der Waals surface area (Å²) in [5, 5.41) is 16.5. The first kappa shape index (κ1) is 19.9. The van der Waals surface area contributed by atoms with Gasteiger partial charge in [-0.1, -0.05) is 29.6 Å². The van der Waals surface area contributed by atoms with E-state index in [1.165, 1.54) is 22.9 Å². The first-order chi connectivity index (χ1) is 13.6. The van der Waals surface area contributed by atoms with Gasteiger partial charge in [0.05, 0.1) is 25.1 Å². The zero-order valence-corrected chi connectivity index (χ0v) is 16.6. The second kappa shape index (κ2) is 9.38. The molecule has 1 amide bonds. The minimum Gasteiger partial charge on any atom is -0.872 e. The van der Waals surface area contributed by atoms with E-state index >= 15 is 0 Å². The maximum absolute atomic E-state index is 12.2. The molecule has 8 heteroatoms. The van der Waals surface area contributed by atoms with Gasteiger partial charge in [-0.2, -0.15) is 5.10 Å². The molecule has 0 spiro atoms. The van der Waals surface area contributed by atoms with E-state index in [0.29, 0.717) is 16.4 Å². The van der Waals surface area contributed by atoms with E-state index in [9.17, 15) is 9.90 Å². The standard InChI is InChI=1S/C20H22N4O3S/c1-3-24(4-2)15-10-9-14(17(25)11-15)12-21-23-19(26)13-28-20-22-16-7-5-6-8-18(16)27-20/h5-12,25H,3-4,13H2,1-2H3,(H,23,26)/b21-12+. The molecule has 3 rings (SSSR count). The highest BCUT2D eigenvalue weighted by atomic mass is 32.2. The first-order valence-electron chi connectivity index (χ1n) is 9.07. The molecule has 28 heavy (non-hydrogen) atoms. The molecular weight excluding hydrogens is 376 g/mol. The number of para-hydroxylation sites is 2. The number of oxazole rings is 1. The third-order valence-electron chi connectivity index (χ3n) is 4.27. The summed E-state index contributed by atoms with van der Waals surface area (Å²) in [5.74, 6) is -0.311. The molecule has 7 nitrogen and oxygen atoms in total. The van der Waals surface area contributed by atoms with Crippen molar-refractivity contribution in [2.24, 2.45) is 5.10 Å². The highest BCUT2D eigenvalue weighted by Crippen LogP contribution is 2.22. The number of carbonyl (C=O) groups excluding carboxylic acids is 1. The van der Waals surface area contributed by atoms with Crippen LogP contribution in [0.5, 0.6) is 5.75 Å². The Morgan fingerprint density at radius 1 is 1.29 bits per heavy atom. The van der Waals surface area contributed by atoms with Crippen LogP contribution in [0, 0.1) is 0 Å². The molecule has 0 bridgehead atoms. The Kier molecular flexibility index (Phi) is 6.67. The number of hydrogen-bond donors (Lipinski definition) is 2. The maximum atomic E-state index is 12.2. The number of thioether (sulfide) groups is 1. The monoisotopic (exact) mass is 398 g/mol. The predicted molar refractivity (Wildman–Crippen MR) is 108 cm³/mol. The number of rotatable bonds is 8. The first-order valence-corrected chi connectivity index (χ1v) is 10.1. The maximum Gasteiger partial charge on any atom is 0.257 e. The summed E-state index contributed by atoms with van der Waals surface area (Å²) in [6, 6.07) is 12.7. The van der Waals surface area contributed by atoms with Crippen molar-refractivity contribution in [2.45, 2.75) is 19.1 Å². The van der Waals surface area contributed by atoms with Gasteiger partial charge in [0.15, 0.2) is 5.58 Å². The van der Waals surface area contributed by atoms with Crippen LogP contribution in [0.15, 0.2) is 57.2 Å². The number of aromatic nitrogens is 1. The van der Waals surface area contributed by atoms with Crippen molar-refractivity contribution in [2.75, 3.05) is 18.8 Å². The molecule has 2 aromatic carbocycles. The van der Waals surface area contributed by atoms with Crippen molar-refractivity contribution < 1.29 is 19.2 Å². The van der Waals surface area contributed by atoms with Crippen molar-refractivity contribution >= 4 is 40.7 Å². The van der Waals surface area contributed by atoms with Crippen molar-refractivity contribution in [1.29, 1.82) is 0 Å². The molecule has 0 aliphatic carbocycles. The number of carbonyl (C=O) groups is 1. The molecule has 1 aromatic heterocycles. The molecule has 0 unspecified atom stereocenters. The number of quaternary nitrogens is 1. The molecule has 0 radical (unpaired) electrons. The second-order valence-corrected chi connectivity index (χ2v) is 7.02. The lowest BCUT2D eigenvalue weighted by Gasteiger charge is -2.18. The Labute approximate surface area is 167 Å². The topological polar surface area (TPSA) is 95.0 Å². The summed E-state index contributed by atoms with van der Waals surface area (Å²) in [7, 11) is 0. The van der Waals surface area contributed by atoms with E-state index in [4.69, 9.17) is 4.42 Å². The minimum absolute atomic E-state index is 0.110. The van der Waals surface area contributed by atoms with Crippen LogP contribution < -0.4 is 15.4 Å². The quantitative estimate of drug-likeness (QED) is 0.342. The molecule has 0 saturated carbocycles. The zero-order valence-electron chi connectivity index (χ0n) is 15.8.